The summed E-state index contributed by atoms with van der Waals surface area (Å²) in [5.74, 6) is 1.39. The molecule has 0 saturated heterocycles. The van der Waals surface area contributed by atoms with E-state index in [0.717, 1.165) is 30.5 Å². The number of nitrogens with zero attached hydrogens (tertiary/aromatic N) is 2. The number of ether oxygens (including phenoxy) is 1. The van der Waals surface area contributed by atoms with Crippen LogP contribution < -0.4 is 10.6 Å². The topological polar surface area (TPSA) is 58.5 Å². The highest BCUT2D eigenvalue weighted by Crippen LogP contribution is 2.57. The molecule has 25 heavy (non-hydrogen) atoms. The summed E-state index contributed by atoms with van der Waals surface area (Å²) in [6, 6.07) is 0.484. The SMILES string of the molecule is CCNC(=NCc1nc(C(C)C)cs1)NC1CC(OCC)C12CCC2. The lowest BCUT2D eigenvalue weighted by Crippen LogP contribution is -2.68. The molecule has 0 bridgehead atoms. The fourth-order valence-electron chi connectivity index (χ4n) is 3.94. The van der Waals surface area contributed by atoms with Crippen LogP contribution >= 0.6 is 11.3 Å². The summed E-state index contributed by atoms with van der Waals surface area (Å²) < 4.78 is 5.95. The first-order chi connectivity index (χ1) is 12.1. The maximum absolute atomic E-state index is 5.95. The smallest absolute Gasteiger partial charge is 0.191 e. The molecule has 3 rings (SSSR count). The Hall–Kier alpha value is -1.14. The zero-order valence-corrected chi connectivity index (χ0v) is 16.8. The van der Waals surface area contributed by atoms with Gasteiger partial charge in [0, 0.05) is 30.0 Å². The first-order valence-corrected chi connectivity index (χ1v) is 10.6. The third-order valence-corrected chi connectivity index (χ3v) is 6.48. The molecule has 0 radical (unpaired) electrons. The third kappa shape index (κ3) is 3.85. The molecular formula is C19H32N4OS. The Kier molecular flexibility index (Phi) is 6.00. The molecule has 2 atom stereocenters. The number of aliphatic imine (C=N–C) groups is 1. The van der Waals surface area contributed by atoms with Crippen LogP contribution in [0.15, 0.2) is 10.4 Å². The molecule has 1 aromatic heterocycles. The number of thiazole rings is 1. The van der Waals surface area contributed by atoms with Crippen molar-refractivity contribution in [2.75, 3.05) is 13.2 Å². The van der Waals surface area contributed by atoms with Crippen LogP contribution in [0.1, 0.15) is 70.0 Å². The van der Waals surface area contributed by atoms with Crippen LogP contribution in [0.5, 0.6) is 0 Å². The maximum atomic E-state index is 5.95. The lowest BCUT2D eigenvalue weighted by Gasteiger charge is -2.61. The maximum Gasteiger partial charge on any atom is 0.191 e. The number of guanidine groups is 1. The molecule has 2 aliphatic carbocycles. The predicted octanol–water partition coefficient (Wildman–Crippen LogP) is 3.67. The second kappa shape index (κ2) is 8.04. The van der Waals surface area contributed by atoms with Gasteiger partial charge in [0.2, 0.25) is 0 Å². The van der Waals surface area contributed by atoms with Crippen molar-refractivity contribution in [1.82, 2.24) is 15.6 Å². The Labute approximate surface area is 155 Å². The van der Waals surface area contributed by atoms with E-state index in [4.69, 9.17) is 9.73 Å². The van der Waals surface area contributed by atoms with Crippen molar-refractivity contribution in [2.24, 2.45) is 10.4 Å². The van der Waals surface area contributed by atoms with E-state index in [1.165, 1.54) is 25.0 Å². The molecule has 1 spiro atoms. The molecule has 2 unspecified atom stereocenters. The van der Waals surface area contributed by atoms with Gasteiger partial charge in [-0.2, -0.15) is 0 Å². The highest BCUT2D eigenvalue weighted by molar-refractivity contribution is 7.09. The monoisotopic (exact) mass is 364 g/mol. The van der Waals surface area contributed by atoms with E-state index >= 15 is 0 Å². The van der Waals surface area contributed by atoms with Gasteiger partial charge in [0.1, 0.15) is 5.01 Å². The molecule has 1 aromatic rings. The van der Waals surface area contributed by atoms with Gasteiger partial charge in [0.15, 0.2) is 5.96 Å². The fraction of sp³-hybridized carbons (Fsp3) is 0.789. The van der Waals surface area contributed by atoms with E-state index < -0.39 is 0 Å². The van der Waals surface area contributed by atoms with Gasteiger partial charge in [0.25, 0.3) is 0 Å². The van der Waals surface area contributed by atoms with Gasteiger partial charge in [-0.25, -0.2) is 9.98 Å². The highest BCUT2D eigenvalue weighted by Gasteiger charge is 2.59. The average Bonchev–Trinajstić information content (AvgIpc) is 2.99. The van der Waals surface area contributed by atoms with Gasteiger partial charge in [0.05, 0.1) is 18.3 Å². The molecule has 0 amide bonds. The van der Waals surface area contributed by atoms with Crippen LogP contribution in [-0.4, -0.2) is 36.2 Å². The molecule has 2 N–H and O–H groups in total. The minimum absolute atomic E-state index is 0.345. The molecule has 6 heteroatoms. The van der Waals surface area contributed by atoms with Gasteiger partial charge < -0.3 is 15.4 Å². The van der Waals surface area contributed by atoms with Crippen molar-refractivity contribution in [3.8, 4) is 0 Å². The van der Waals surface area contributed by atoms with E-state index in [1.54, 1.807) is 11.3 Å². The second-order valence-electron chi connectivity index (χ2n) is 7.48. The highest BCUT2D eigenvalue weighted by atomic mass is 32.1. The van der Waals surface area contributed by atoms with E-state index in [2.05, 4.69) is 48.7 Å². The number of hydrogen-bond donors (Lipinski definition) is 2. The van der Waals surface area contributed by atoms with Crippen molar-refractivity contribution >= 4 is 17.3 Å². The Balaban J connectivity index is 1.61. The summed E-state index contributed by atoms with van der Waals surface area (Å²) in [5.41, 5.74) is 1.51. The van der Waals surface area contributed by atoms with Gasteiger partial charge >= 0.3 is 0 Å². The molecule has 2 saturated carbocycles. The predicted molar refractivity (Wildman–Crippen MR) is 104 cm³/mol. The lowest BCUT2D eigenvalue weighted by molar-refractivity contribution is -0.168. The summed E-state index contributed by atoms with van der Waals surface area (Å²) in [6.45, 7) is 10.9. The zero-order chi connectivity index (χ0) is 17.9. The number of hydrogen-bond acceptors (Lipinski definition) is 4. The van der Waals surface area contributed by atoms with Crippen LogP contribution in [0.25, 0.3) is 0 Å². The van der Waals surface area contributed by atoms with Crippen molar-refractivity contribution < 1.29 is 4.74 Å². The third-order valence-electron chi connectivity index (χ3n) is 5.63. The number of rotatable bonds is 7. The molecular weight excluding hydrogens is 332 g/mol. The summed E-state index contributed by atoms with van der Waals surface area (Å²) >= 11 is 1.71. The molecule has 0 aliphatic heterocycles. The summed E-state index contributed by atoms with van der Waals surface area (Å²) in [4.78, 5) is 9.46. The van der Waals surface area contributed by atoms with Crippen LogP contribution in [-0.2, 0) is 11.3 Å². The normalized spacial score (nSPS) is 24.9. The van der Waals surface area contributed by atoms with Crippen molar-refractivity contribution in [3.05, 3.63) is 16.1 Å². The van der Waals surface area contributed by atoms with Crippen LogP contribution in [0.4, 0.5) is 0 Å². The summed E-state index contributed by atoms with van der Waals surface area (Å²) in [7, 11) is 0. The molecule has 140 valence electrons. The largest absolute Gasteiger partial charge is 0.378 e. The molecule has 5 nitrogen and oxygen atoms in total. The summed E-state index contributed by atoms with van der Waals surface area (Å²) in [6.07, 6.45) is 5.40. The quantitative estimate of drug-likeness (QED) is 0.572. The molecule has 2 fully saturated rings. The van der Waals surface area contributed by atoms with Gasteiger partial charge in [-0.05, 0) is 39.0 Å². The van der Waals surface area contributed by atoms with Gasteiger partial charge in [-0.3, -0.25) is 0 Å². The van der Waals surface area contributed by atoms with Crippen molar-refractivity contribution in [1.29, 1.82) is 0 Å². The number of nitrogens with one attached hydrogen (secondary N) is 2. The van der Waals surface area contributed by atoms with E-state index in [0.29, 0.717) is 30.0 Å². The molecule has 2 aliphatic rings. The van der Waals surface area contributed by atoms with Crippen LogP contribution in [0, 0.1) is 5.41 Å². The number of aromatic nitrogens is 1. The Morgan fingerprint density at radius 3 is 2.80 bits per heavy atom. The molecule has 0 aromatic carbocycles. The Morgan fingerprint density at radius 2 is 2.24 bits per heavy atom. The zero-order valence-electron chi connectivity index (χ0n) is 16.0. The van der Waals surface area contributed by atoms with Crippen LogP contribution in [0.3, 0.4) is 0 Å². The fourth-order valence-corrected chi connectivity index (χ4v) is 4.81. The first kappa shape index (κ1) is 18.6. The van der Waals surface area contributed by atoms with Crippen LogP contribution in [0.2, 0.25) is 0 Å². The standard InChI is InChI=1S/C19H32N4OS/c1-5-20-18(21-11-17-22-14(12-25-17)13(3)4)23-15-10-16(24-6-2)19(15)8-7-9-19/h12-13,15-16H,5-11H2,1-4H3,(H2,20,21,23). The van der Waals surface area contributed by atoms with E-state index in [1.807, 2.05) is 0 Å². The Bertz CT molecular complexity index is 594. The lowest BCUT2D eigenvalue weighted by atomic mass is 9.51. The molecule has 1 heterocycles. The van der Waals surface area contributed by atoms with Crippen molar-refractivity contribution in [2.45, 2.75) is 78.0 Å². The van der Waals surface area contributed by atoms with Gasteiger partial charge in [-0.1, -0.05) is 20.3 Å². The second-order valence-corrected chi connectivity index (χ2v) is 8.42. The van der Waals surface area contributed by atoms with Crippen molar-refractivity contribution in [3.63, 3.8) is 0 Å². The minimum Gasteiger partial charge on any atom is -0.378 e. The average molecular weight is 365 g/mol. The van der Waals surface area contributed by atoms with E-state index in [-0.39, 0.29) is 0 Å². The minimum atomic E-state index is 0.345. The Morgan fingerprint density at radius 1 is 1.44 bits per heavy atom. The van der Waals surface area contributed by atoms with Gasteiger partial charge in [-0.15, -0.1) is 11.3 Å². The van der Waals surface area contributed by atoms with E-state index in [9.17, 15) is 0 Å². The summed E-state index contributed by atoms with van der Waals surface area (Å²) in [5, 5.41) is 10.3. The first-order valence-electron chi connectivity index (χ1n) is 9.69.